The van der Waals surface area contributed by atoms with Gasteiger partial charge in [0.25, 0.3) is 16.3 Å². The fourth-order valence-electron chi connectivity index (χ4n) is 1.82. The smallest absolute Gasteiger partial charge is 0.284 e. The lowest BCUT2D eigenvalue weighted by molar-refractivity contribution is 0.189. The summed E-state index contributed by atoms with van der Waals surface area (Å²) in [7, 11) is 1.64. The van der Waals surface area contributed by atoms with Crippen molar-refractivity contribution < 1.29 is 9.15 Å². The largest absolute Gasteiger partial charge is 0.409 e. The molecule has 102 valence electrons. The van der Waals surface area contributed by atoms with Crippen molar-refractivity contribution in [2.45, 2.75) is 19.9 Å². The van der Waals surface area contributed by atoms with Crippen LogP contribution in [-0.2, 0) is 11.3 Å². The fourth-order valence-corrected chi connectivity index (χ4v) is 1.95. The summed E-state index contributed by atoms with van der Waals surface area (Å²) < 4.78 is 11.9. The van der Waals surface area contributed by atoms with Gasteiger partial charge in [-0.1, -0.05) is 0 Å². The molecule has 0 bridgehead atoms. The van der Waals surface area contributed by atoms with Gasteiger partial charge in [0.2, 0.25) is 0 Å². The summed E-state index contributed by atoms with van der Waals surface area (Å²) in [4.78, 5) is 12.5. The van der Waals surface area contributed by atoms with Gasteiger partial charge in [-0.25, -0.2) is 5.10 Å². The number of ether oxygens (including phenoxy) is 1. The number of aromatic amines is 1. The van der Waals surface area contributed by atoms with Crippen LogP contribution in [0.25, 0.3) is 11.5 Å². The highest BCUT2D eigenvalue weighted by Gasteiger charge is 2.12. The van der Waals surface area contributed by atoms with E-state index in [1.54, 1.807) is 17.7 Å². The molecule has 6 nitrogen and oxygen atoms in total. The minimum Gasteiger partial charge on any atom is -0.409 e. The number of methoxy groups -OCH3 is 1. The summed E-state index contributed by atoms with van der Waals surface area (Å²) in [6.07, 6.45) is 0.769. The number of nitrogens with one attached hydrogen (secondary N) is 1. The van der Waals surface area contributed by atoms with Gasteiger partial charge < -0.3 is 13.7 Å². The molecule has 0 saturated carbocycles. The summed E-state index contributed by atoms with van der Waals surface area (Å²) >= 11 is 4.81. The molecule has 2 aromatic rings. The molecule has 2 heterocycles. The van der Waals surface area contributed by atoms with Gasteiger partial charge in [0, 0.05) is 26.0 Å². The Bertz CT molecular complexity index is 671. The van der Waals surface area contributed by atoms with Crippen molar-refractivity contribution in [2.24, 2.45) is 0 Å². The Morgan fingerprint density at radius 1 is 1.53 bits per heavy atom. The van der Waals surface area contributed by atoms with E-state index in [0.29, 0.717) is 18.7 Å². The van der Waals surface area contributed by atoms with E-state index >= 15 is 0 Å². The second kappa shape index (κ2) is 5.94. The Morgan fingerprint density at radius 2 is 2.32 bits per heavy atom. The second-order valence-corrected chi connectivity index (χ2v) is 4.48. The lowest BCUT2D eigenvalue weighted by atomic mass is 10.2. The molecule has 0 fully saturated rings. The summed E-state index contributed by atoms with van der Waals surface area (Å²) in [6.45, 7) is 3.09. The molecule has 19 heavy (non-hydrogen) atoms. The van der Waals surface area contributed by atoms with E-state index in [2.05, 4.69) is 10.2 Å². The Kier molecular flexibility index (Phi) is 4.28. The van der Waals surface area contributed by atoms with Crippen molar-refractivity contribution in [1.29, 1.82) is 0 Å². The van der Waals surface area contributed by atoms with Gasteiger partial charge in [-0.2, -0.15) is 0 Å². The molecule has 0 aliphatic carbocycles. The normalized spacial score (nSPS) is 10.8. The first-order valence-electron chi connectivity index (χ1n) is 5.88. The molecule has 2 aromatic heterocycles. The summed E-state index contributed by atoms with van der Waals surface area (Å²) in [5.41, 5.74) is 1.15. The van der Waals surface area contributed by atoms with Crippen LogP contribution in [0.5, 0.6) is 0 Å². The maximum absolute atomic E-state index is 12.4. The molecule has 0 radical (unpaired) electrons. The first kappa shape index (κ1) is 13.7. The molecule has 0 aliphatic rings. The van der Waals surface area contributed by atoms with Crippen LogP contribution in [0.15, 0.2) is 21.3 Å². The molecule has 2 rings (SSSR count). The number of aryl methyl sites for hydroxylation is 1. The predicted octanol–water partition coefficient (Wildman–Crippen LogP) is 1.91. The topological polar surface area (TPSA) is 73.1 Å². The van der Waals surface area contributed by atoms with E-state index < -0.39 is 0 Å². The monoisotopic (exact) mass is 281 g/mol. The van der Waals surface area contributed by atoms with Crippen LogP contribution in [0.2, 0.25) is 0 Å². The van der Waals surface area contributed by atoms with Gasteiger partial charge >= 0.3 is 0 Å². The molecule has 7 heteroatoms. The predicted molar refractivity (Wildman–Crippen MR) is 72.6 cm³/mol. The highest BCUT2D eigenvalue weighted by Crippen LogP contribution is 2.13. The Labute approximate surface area is 115 Å². The van der Waals surface area contributed by atoms with E-state index in [-0.39, 0.29) is 16.3 Å². The van der Waals surface area contributed by atoms with Crippen molar-refractivity contribution in [1.82, 2.24) is 14.8 Å². The third-order valence-corrected chi connectivity index (χ3v) is 2.97. The van der Waals surface area contributed by atoms with Gasteiger partial charge in [0.15, 0.2) is 0 Å². The first-order chi connectivity index (χ1) is 9.13. The Balaban J connectivity index is 2.39. The number of hydrogen-bond acceptors (Lipinski definition) is 5. The molecule has 0 aromatic carbocycles. The van der Waals surface area contributed by atoms with Crippen LogP contribution in [-0.4, -0.2) is 28.5 Å². The van der Waals surface area contributed by atoms with E-state index in [0.717, 1.165) is 12.1 Å². The average molecular weight is 281 g/mol. The van der Waals surface area contributed by atoms with E-state index in [9.17, 15) is 4.79 Å². The second-order valence-electron chi connectivity index (χ2n) is 4.11. The number of nitrogens with zero attached hydrogens (tertiary/aromatic N) is 2. The van der Waals surface area contributed by atoms with Crippen molar-refractivity contribution in [3.8, 4) is 11.5 Å². The maximum atomic E-state index is 12.4. The highest BCUT2D eigenvalue weighted by atomic mass is 32.1. The number of hydrogen-bond donors (Lipinski definition) is 1. The standard InChI is InChI=1S/C12H15N3O3S/c1-8-4-5-9(10-13-14-12(19)18-10)11(16)15(8)6-3-7-17-2/h4-5H,3,6-7H2,1-2H3,(H,14,19). The molecule has 1 N–H and O–H groups in total. The van der Waals surface area contributed by atoms with Gasteiger partial charge in [-0.15, -0.1) is 5.10 Å². The van der Waals surface area contributed by atoms with Crippen molar-refractivity contribution in [3.05, 3.63) is 33.0 Å². The number of pyridine rings is 1. The van der Waals surface area contributed by atoms with Crippen LogP contribution in [0, 0.1) is 11.8 Å². The summed E-state index contributed by atoms with van der Waals surface area (Å²) in [5.74, 6) is 0.218. The minimum absolute atomic E-state index is 0.138. The Morgan fingerprint density at radius 3 is 2.95 bits per heavy atom. The fraction of sp³-hybridized carbons (Fsp3) is 0.417. The minimum atomic E-state index is -0.138. The highest BCUT2D eigenvalue weighted by molar-refractivity contribution is 7.71. The average Bonchev–Trinajstić information content (AvgIpc) is 2.80. The molecule has 0 unspecified atom stereocenters. The van der Waals surface area contributed by atoms with Gasteiger partial charge in [0.05, 0.1) is 0 Å². The zero-order chi connectivity index (χ0) is 13.8. The Hall–Kier alpha value is -1.73. The molecule has 0 aliphatic heterocycles. The van der Waals surface area contributed by atoms with Gasteiger partial charge in [-0.3, -0.25) is 4.79 Å². The molecule has 0 saturated heterocycles. The zero-order valence-electron chi connectivity index (χ0n) is 10.8. The summed E-state index contributed by atoms with van der Waals surface area (Å²) in [6, 6.07) is 3.55. The zero-order valence-corrected chi connectivity index (χ0v) is 11.6. The maximum Gasteiger partial charge on any atom is 0.284 e. The number of aromatic nitrogens is 3. The lowest BCUT2D eigenvalue weighted by Crippen LogP contribution is -2.24. The molecule has 0 amide bonds. The number of rotatable bonds is 5. The van der Waals surface area contributed by atoms with Crippen LogP contribution in [0.3, 0.4) is 0 Å². The summed E-state index contributed by atoms with van der Waals surface area (Å²) in [5, 5.41) is 6.39. The van der Waals surface area contributed by atoms with Crippen LogP contribution in [0.1, 0.15) is 12.1 Å². The van der Waals surface area contributed by atoms with Crippen molar-refractivity contribution in [2.75, 3.05) is 13.7 Å². The molecular weight excluding hydrogens is 266 g/mol. The lowest BCUT2D eigenvalue weighted by Gasteiger charge is -2.10. The van der Waals surface area contributed by atoms with E-state index in [1.807, 2.05) is 13.0 Å². The van der Waals surface area contributed by atoms with Gasteiger partial charge in [-0.05, 0) is 37.7 Å². The van der Waals surface area contributed by atoms with E-state index in [4.69, 9.17) is 21.4 Å². The van der Waals surface area contributed by atoms with Crippen molar-refractivity contribution >= 4 is 12.2 Å². The molecule has 0 atom stereocenters. The van der Waals surface area contributed by atoms with Crippen LogP contribution in [0.4, 0.5) is 0 Å². The SMILES string of the molecule is COCCCn1c(C)ccc(-c2n[nH]c(=S)o2)c1=O. The van der Waals surface area contributed by atoms with Crippen LogP contribution >= 0.6 is 12.2 Å². The third-order valence-electron chi connectivity index (χ3n) is 2.79. The van der Waals surface area contributed by atoms with E-state index in [1.165, 1.54) is 0 Å². The number of H-pyrrole nitrogens is 1. The molecular formula is C12H15N3O3S. The van der Waals surface area contributed by atoms with Gasteiger partial charge in [0.1, 0.15) is 5.56 Å². The third kappa shape index (κ3) is 2.99. The van der Waals surface area contributed by atoms with Crippen molar-refractivity contribution in [3.63, 3.8) is 0 Å². The quantitative estimate of drug-likeness (QED) is 0.669. The molecule has 0 spiro atoms. The first-order valence-corrected chi connectivity index (χ1v) is 6.29. The van der Waals surface area contributed by atoms with Crippen LogP contribution < -0.4 is 5.56 Å².